The van der Waals surface area contributed by atoms with E-state index < -0.39 is 12.0 Å². The number of anilines is 1. The van der Waals surface area contributed by atoms with Gasteiger partial charge in [-0.1, -0.05) is 12.1 Å². The number of urea groups is 1. The van der Waals surface area contributed by atoms with Gasteiger partial charge in [0.15, 0.2) is 0 Å². The number of amidine groups is 1. The Morgan fingerprint density at radius 1 is 1.15 bits per heavy atom. The Bertz CT molecular complexity index is 1090. The molecule has 4 rings (SSSR count). The molecule has 3 amide bonds. The first-order valence-corrected chi connectivity index (χ1v) is 11.1. The minimum Gasteiger partial charge on any atom is -0.457 e. The van der Waals surface area contributed by atoms with E-state index in [1.165, 1.54) is 4.90 Å². The van der Waals surface area contributed by atoms with Crippen LogP contribution in [0, 0.1) is 5.41 Å². The molecule has 2 aliphatic heterocycles. The molecule has 2 aromatic rings. The summed E-state index contributed by atoms with van der Waals surface area (Å²) in [6.07, 6.45) is 0.588. The number of ether oxygens (including phenoxy) is 1. The maximum atomic E-state index is 13.6. The van der Waals surface area contributed by atoms with E-state index in [4.69, 9.17) is 10.1 Å². The molecule has 180 valence electrons. The van der Waals surface area contributed by atoms with Crippen LogP contribution in [0.4, 0.5) is 19.3 Å². The van der Waals surface area contributed by atoms with E-state index in [-0.39, 0.29) is 37.7 Å². The molecule has 2 heterocycles. The second kappa shape index (κ2) is 9.76. The number of likely N-dealkylation sites (tertiary alicyclic amines) is 1. The summed E-state index contributed by atoms with van der Waals surface area (Å²) in [4.78, 5) is 26.4. The number of carbonyl (C=O) groups excluding carboxylic acids is 2. The van der Waals surface area contributed by atoms with Gasteiger partial charge in [0.1, 0.15) is 17.3 Å². The summed E-state index contributed by atoms with van der Waals surface area (Å²) in [5.41, 5.74) is 2.02. The van der Waals surface area contributed by atoms with E-state index in [0.29, 0.717) is 42.3 Å². The van der Waals surface area contributed by atoms with Crippen molar-refractivity contribution in [2.45, 2.75) is 31.7 Å². The van der Waals surface area contributed by atoms with E-state index in [9.17, 15) is 18.4 Å². The molecule has 2 aromatic carbocycles. The van der Waals surface area contributed by atoms with Gasteiger partial charge in [-0.05, 0) is 42.8 Å². The number of piperidine rings is 1. The van der Waals surface area contributed by atoms with Crippen LogP contribution in [0.15, 0.2) is 42.5 Å². The summed E-state index contributed by atoms with van der Waals surface area (Å²) in [6.45, 7) is 1.06. The highest BCUT2D eigenvalue weighted by atomic mass is 19.3. The summed E-state index contributed by atoms with van der Waals surface area (Å²) in [7, 11) is 1.70. The van der Waals surface area contributed by atoms with E-state index in [1.807, 2.05) is 12.1 Å². The molecule has 0 saturated carbocycles. The lowest BCUT2D eigenvalue weighted by atomic mass is 10.1. The largest absolute Gasteiger partial charge is 0.457 e. The number of alkyl halides is 2. The summed E-state index contributed by atoms with van der Waals surface area (Å²) >= 11 is 0. The van der Waals surface area contributed by atoms with Gasteiger partial charge in [0.05, 0.1) is 6.54 Å². The number of hydrogen-bond donors (Lipinski definition) is 3. The molecule has 10 heteroatoms. The SMILES string of the molecule is CNc1cc(Oc2ccc(CN3CCCC(F)(F)C3)cc2)ccc1C(=N)N1CCC(=O)NC1=O. The number of carbonyl (C=O) groups is 2. The third-order valence-corrected chi connectivity index (χ3v) is 5.88. The van der Waals surface area contributed by atoms with E-state index in [1.54, 1.807) is 42.3 Å². The quantitative estimate of drug-likeness (QED) is 0.437. The molecule has 3 N–H and O–H groups in total. The zero-order chi connectivity index (χ0) is 24.3. The van der Waals surface area contributed by atoms with Crippen LogP contribution < -0.4 is 15.4 Å². The standard InChI is InChI=1S/C24H27F2N5O3/c1-28-20-13-18(7-8-19(20)22(27)31-12-9-21(32)29-23(31)33)34-17-5-3-16(4-6-17)14-30-11-2-10-24(25,26)15-30/h3-8,13,27-28H,2,9-12,14-15H2,1H3,(H,29,32,33). The van der Waals surface area contributed by atoms with Crippen LogP contribution in [-0.2, 0) is 11.3 Å². The lowest BCUT2D eigenvalue weighted by Crippen LogP contribution is -2.51. The highest BCUT2D eigenvalue weighted by molar-refractivity contribution is 6.12. The minimum absolute atomic E-state index is 0.0199. The van der Waals surface area contributed by atoms with Gasteiger partial charge in [0, 0.05) is 50.3 Å². The van der Waals surface area contributed by atoms with Gasteiger partial charge in [-0.2, -0.15) is 0 Å². The van der Waals surface area contributed by atoms with Crippen molar-refractivity contribution < 1.29 is 23.1 Å². The van der Waals surface area contributed by atoms with Gasteiger partial charge in [-0.15, -0.1) is 0 Å². The maximum absolute atomic E-state index is 13.6. The molecule has 0 unspecified atom stereocenters. The van der Waals surface area contributed by atoms with E-state index in [2.05, 4.69) is 10.6 Å². The van der Waals surface area contributed by atoms with Crippen LogP contribution in [0.25, 0.3) is 0 Å². The molecule has 0 atom stereocenters. The van der Waals surface area contributed by atoms with Crippen molar-refractivity contribution in [1.29, 1.82) is 5.41 Å². The smallest absolute Gasteiger partial charge is 0.329 e. The summed E-state index contributed by atoms with van der Waals surface area (Å²) in [5, 5.41) is 13.7. The van der Waals surface area contributed by atoms with Crippen molar-refractivity contribution in [3.05, 3.63) is 53.6 Å². The number of rotatable bonds is 6. The molecular formula is C24H27F2N5O3. The van der Waals surface area contributed by atoms with Gasteiger partial charge in [0.25, 0.3) is 5.92 Å². The van der Waals surface area contributed by atoms with Crippen LogP contribution in [-0.4, -0.2) is 60.2 Å². The van der Waals surface area contributed by atoms with Crippen molar-refractivity contribution in [2.75, 3.05) is 32.0 Å². The Balaban J connectivity index is 1.41. The molecule has 2 fully saturated rings. The molecule has 2 aliphatic rings. The average Bonchev–Trinajstić information content (AvgIpc) is 2.79. The number of nitrogens with zero attached hydrogens (tertiary/aromatic N) is 2. The number of imide groups is 1. The Hall–Kier alpha value is -3.53. The third kappa shape index (κ3) is 5.51. The van der Waals surface area contributed by atoms with Crippen LogP contribution in [0.1, 0.15) is 30.4 Å². The van der Waals surface area contributed by atoms with Crippen molar-refractivity contribution in [3.63, 3.8) is 0 Å². The van der Waals surface area contributed by atoms with Crippen LogP contribution >= 0.6 is 0 Å². The average molecular weight is 472 g/mol. The monoisotopic (exact) mass is 471 g/mol. The number of halogens is 2. The fourth-order valence-corrected chi connectivity index (χ4v) is 4.16. The highest BCUT2D eigenvalue weighted by Gasteiger charge is 2.35. The van der Waals surface area contributed by atoms with Crippen LogP contribution in [0.2, 0.25) is 0 Å². The van der Waals surface area contributed by atoms with Gasteiger partial charge >= 0.3 is 6.03 Å². The number of benzene rings is 2. The number of nitrogens with one attached hydrogen (secondary N) is 3. The predicted octanol–water partition coefficient (Wildman–Crippen LogP) is 4.02. The Morgan fingerprint density at radius 3 is 2.56 bits per heavy atom. The summed E-state index contributed by atoms with van der Waals surface area (Å²) in [6, 6.07) is 11.8. The van der Waals surface area contributed by atoms with Gasteiger partial charge in [-0.3, -0.25) is 25.3 Å². The van der Waals surface area contributed by atoms with E-state index >= 15 is 0 Å². The molecule has 0 bridgehead atoms. The predicted molar refractivity (Wildman–Crippen MR) is 124 cm³/mol. The maximum Gasteiger partial charge on any atom is 0.329 e. The first-order chi connectivity index (χ1) is 16.2. The molecule has 0 spiro atoms. The molecule has 2 saturated heterocycles. The van der Waals surface area contributed by atoms with Crippen molar-refractivity contribution in [2.24, 2.45) is 0 Å². The number of amides is 3. The van der Waals surface area contributed by atoms with E-state index in [0.717, 1.165) is 5.56 Å². The molecule has 34 heavy (non-hydrogen) atoms. The third-order valence-electron chi connectivity index (χ3n) is 5.88. The topological polar surface area (TPSA) is 97.8 Å². The minimum atomic E-state index is -2.62. The molecule has 8 nitrogen and oxygen atoms in total. The number of hydrogen-bond acceptors (Lipinski definition) is 6. The Labute approximate surface area is 196 Å². The lowest BCUT2D eigenvalue weighted by Gasteiger charge is -2.32. The fourth-order valence-electron chi connectivity index (χ4n) is 4.16. The second-order valence-corrected chi connectivity index (χ2v) is 8.48. The normalized spacial score (nSPS) is 18.4. The highest BCUT2D eigenvalue weighted by Crippen LogP contribution is 2.30. The Morgan fingerprint density at radius 2 is 1.88 bits per heavy atom. The zero-order valence-corrected chi connectivity index (χ0v) is 18.9. The summed E-state index contributed by atoms with van der Waals surface area (Å²) < 4.78 is 33.2. The first-order valence-electron chi connectivity index (χ1n) is 11.1. The second-order valence-electron chi connectivity index (χ2n) is 8.48. The molecule has 0 radical (unpaired) electrons. The van der Waals surface area contributed by atoms with Crippen LogP contribution in [0.3, 0.4) is 0 Å². The van der Waals surface area contributed by atoms with Gasteiger partial charge < -0.3 is 10.1 Å². The molecular weight excluding hydrogens is 444 g/mol. The van der Waals surface area contributed by atoms with Crippen molar-refractivity contribution in [3.8, 4) is 11.5 Å². The molecule has 0 aliphatic carbocycles. The van der Waals surface area contributed by atoms with Crippen molar-refractivity contribution in [1.82, 2.24) is 15.1 Å². The van der Waals surface area contributed by atoms with Gasteiger partial charge in [0.2, 0.25) is 5.91 Å². The fraction of sp³-hybridized carbons (Fsp3) is 0.375. The summed E-state index contributed by atoms with van der Waals surface area (Å²) in [5.74, 6) is -1.88. The lowest BCUT2D eigenvalue weighted by molar-refractivity contribution is -0.121. The van der Waals surface area contributed by atoms with Crippen LogP contribution in [0.5, 0.6) is 11.5 Å². The first kappa shape index (κ1) is 23.6. The Kier molecular flexibility index (Phi) is 6.78. The zero-order valence-electron chi connectivity index (χ0n) is 18.9. The van der Waals surface area contributed by atoms with Gasteiger partial charge in [-0.25, -0.2) is 13.6 Å². The van der Waals surface area contributed by atoms with Crippen molar-refractivity contribution >= 4 is 23.5 Å². The molecule has 0 aromatic heterocycles.